The molecule has 7 heteroatoms. The van der Waals surface area contributed by atoms with Crippen molar-refractivity contribution in [3.8, 4) is 0 Å². The van der Waals surface area contributed by atoms with Crippen molar-refractivity contribution in [2.24, 2.45) is 4.99 Å². The second-order valence-electron chi connectivity index (χ2n) is 7.61. The van der Waals surface area contributed by atoms with Gasteiger partial charge in [0.2, 0.25) is 0 Å². The number of nitrogens with zero attached hydrogens (tertiary/aromatic N) is 1. The van der Waals surface area contributed by atoms with Gasteiger partial charge in [-0.25, -0.2) is 0 Å². The zero-order valence-corrected chi connectivity index (χ0v) is 20.9. The molecule has 0 amide bonds. The number of nitrogens with one attached hydrogen (secondary N) is 3. The zero-order valence-electron chi connectivity index (χ0n) is 17.7. The van der Waals surface area contributed by atoms with Gasteiger partial charge in [-0.1, -0.05) is 25.1 Å². The summed E-state index contributed by atoms with van der Waals surface area (Å²) in [5.74, 6) is 1.37. The number of rotatable bonds is 8. The van der Waals surface area contributed by atoms with Crippen LogP contribution in [0.1, 0.15) is 45.7 Å². The SMILES string of the molecule is CCNC(=NCCS(=O)C(C)(C)C)NCCc1c[nH]c2c(CC)cccc12.I. The molecule has 0 saturated heterocycles. The minimum atomic E-state index is -0.874. The van der Waals surface area contributed by atoms with E-state index in [1.54, 1.807) is 0 Å². The van der Waals surface area contributed by atoms with Crippen molar-refractivity contribution in [3.63, 3.8) is 0 Å². The summed E-state index contributed by atoms with van der Waals surface area (Å²) >= 11 is 0. The summed E-state index contributed by atoms with van der Waals surface area (Å²) in [6.45, 7) is 12.4. The molecule has 0 saturated carbocycles. The number of H-pyrrole nitrogens is 1. The minimum absolute atomic E-state index is 0. The maximum atomic E-state index is 12.1. The van der Waals surface area contributed by atoms with Gasteiger partial charge in [0, 0.05) is 51.5 Å². The van der Waals surface area contributed by atoms with Crippen LogP contribution in [0, 0.1) is 0 Å². The highest BCUT2D eigenvalue weighted by molar-refractivity contribution is 14.0. The molecular formula is C21H35IN4OS. The Morgan fingerprint density at radius 3 is 2.57 bits per heavy atom. The lowest BCUT2D eigenvalue weighted by atomic mass is 10.1. The van der Waals surface area contributed by atoms with Crippen LogP contribution in [0.25, 0.3) is 10.9 Å². The fourth-order valence-electron chi connectivity index (χ4n) is 2.98. The highest BCUT2D eigenvalue weighted by Crippen LogP contribution is 2.22. The summed E-state index contributed by atoms with van der Waals surface area (Å²) < 4.78 is 12.0. The van der Waals surface area contributed by atoms with Crippen molar-refractivity contribution in [2.75, 3.05) is 25.4 Å². The number of fused-ring (bicyclic) bond motifs is 1. The molecule has 3 N–H and O–H groups in total. The van der Waals surface area contributed by atoms with Crippen LogP contribution in [-0.2, 0) is 23.6 Å². The smallest absolute Gasteiger partial charge is 0.191 e. The number of hydrogen-bond donors (Lipinski definition) is 3. The van der Waals surface area contributed by atoms with Gasteiger partial charge < -0.3 is 15.6 Å². The van der Waals surface area contributed by atoms with Gasteiger partial charge in [0.1, 0.15) is 0 Å². The summed E-state index contributed by atoms with van der Waals surface area (Å²) in [5, 5.41) is 7.96. The molecule has 0 aliphatic rings. The Bertz CT molecular complexity index is 795. The summed E-state index contributed by atoms with van der Waals surface area (Å²) in [4.78, 5) is 7.99. The van der Waals surface area contributed by atoms with Crippen molar-refractivity contribution in [1.82, 2.24) is 15.6 Å². The molecule has 1 aromatic carbocycles. The lowest BCUT2D eigenvalue weighted by Gasteiger charge is -2.17. The number of aromatic amines is 1. The molecule has 0 radical (unpaired) electrons. The van der Waals surface area contributed by atoms with Gasteiger partial charge in [-0.3, -0.25) is 9.20 Å². The molecule has 0 aliphatic heterocycles. The molecule has 0 spiro atoms. The van der Waals surface area contributed by atoms with Crippen molar-refractivity contribution >= 4 is 51.6 Å². The largest absolute Gasteiger partial charge is 0.361 e. The summed E-state index contributed by atoms with van der Waals surface area (Å²) in [6.07, 6.45) is 4.07. The Labute approximate surface area is 189 Å². The quantitative estimate of drug-likeness (QED) is 0.281. The Hall–Kier alpha value is -1.09. The van der Waals surface area contributed by atoms with E-state index < -0.39 is 10.8 Å². The van der Waals surface area contributed by atoms with E-state index in [1.165, 1.54) is 22.0 Å². The molecule has 2 aromatic rings. The van der Waals surface area contributed by atoms with Crippen LogP contribution in [0.3, 0.4) is 0 Å². The number of aryl methyl sites for hydroxylation is 1. The first-order valence-electron chi connectivity index (χ1n) is 9.85. The molecule has 1 atom stereocenters. The second kappa shape index (κ2) is 11.8. The van der Waals surface area contributed by atoms with Gasteiger partial charge in [0.25, 0.3) is 0 Å². The van der Waals surface area contributed by atoms with Crippen LogP contribution in [-0.4, -0.2) is 45.3 Å². The van der Waals surface area contributed by atoms with Crippen LogP contribution in [0.4, 0.5) is 0 Å². The normalized spacial score (nSPS) is 13.2. The van der Waals surface area contributed by atoms with Gasteiger partial charge in [0.15, 0.2) is 5.96 Å². The van der Waals surface area contributed by atoms with Gasteiger partial charge >= 0.3 is 0 Å². The third kappa shape index (κ3) is 7.06. The van der Waals surface area contributed by atoms with E-state index in [0.29, 0.717) is 12.3 Å². The topological polar surface area (TPSA) is 69.3 Å². The van der Waals surface area contributed by atoms with E-state index >= 15 is 0 Å². The Kier molecular flexibility index (Phi) is 10.5. The fourth-order valence-corrected chi connectivity index (χ4v) is 3.85. The average Bonchev–Trinajstić information content (AvgIpc) is 3.04. The molecule has 1 unspecified atom stereocenters. The third-order valence-corrected chi connectivity index (χ3v) is 6.45. The van der Waals surface area contributed by atoms with Crippen molar-refractivity contribution in [2.45, 2.75) is 52.2 Å². The van der Waals surface area contributed by atoms with E-state index in [2.05, 4.69) is 58.9 Å². The molecule has 0 fully saturated rings. The van der Waals surface area contributed by atoms with Crippen molar-refractivity contribution in [3.05, 3.63) is 35.5 Å². The Morgan fingerprint density at radius 2 is 1.93 bits per heavy atom. The van der Waals surface area contributed by atoms with E-state index in [9.17, 15) is 4.21 Å². The predicted molar refractivity (Wildman–Crippen MR) is 134 cm³/mol. The van der Waals surface area contributed by atoms with Crippen LogP contribution in [0.2, 0.25) is 0 Å². The van der Waals surface area contributed by atoms with Crippen LogP contribution in [0.5, 0.6) is 0 Å². The summed E-state index contributed by atoms with van der Waals surface area (Å²) in [6, 6.07) is 6.49. The standard InChI is InChI=1S/C21H34N4OS.HI/c1-6-16-9-8-10-18-17(15-25-19(16)18)11-12-23-20(22-7-2)24-13-14-27(26)21(3,4)5;/h8-10,15,25H,6-7,11-14H2,1-5H3,(H2,22,23,24);1H. The Morgan fingerprint density at radius 1 is 1.18 bits per heavy atom. The molecule has 28 heavy (non-hydrogen) atoms. The zero-order chi connectivity index (χ0) is 19.9. The molecule has 158 valence electrons. The number of aromatic nitrogens is 1. The number of halogens is 1. The number of hydrogen-bond acceptors (Lipinski definition) is 2. The van der Waals surface area contributed by atoms with Gasteiger partial charge in [-0.2, -0.15) is 0 Å². The maximum absolute atomic E-state index is 12.1. The summed E-state index contributed by atoms with van der Waals surface area (Å²) in [7, 11) is -0.874. The maximum Gasteiger partial charge on any atom is 0.191 e. The van der Waals surface area contributed by atoms with Crippen molar-refractivity contribution in [1.29, 1.82) is 0 Å². The highest BCUT2D eigenvalue weighted by atomic mass is 127. The third-order valence-electron chi connectivity index (χ3n) is 4.53. The first-order chi connectivity index (χ1) is 12.9. The Balaban J connectivity index is 0.00000392. The monoisotopic (exact) mass is 518 g/mol. The molecule has 0 aliphatic carbocycles. The van der Waals surface area contributed by atoms with Crippen LogP contribution >= 0.6 is 24.0 Å². The predicted octanol–water partition coefficient (Wildman–Crippen LogP) is 3.99. The van der Waals surface area contributed by atoms with Gasteiger partial charge in [-0.15, -0.1) is 24.0 Å². The number of guanidine groups is 1. The lowest BCUT2D eigenvalue weighted by Crippen LogP contribution is -2.38. The minimum Gasteiger partial charge on any atom is -0.361 e. The average molecular weight is 519 g/mol. The van der Waals surface area contributed by atoms with E-state index in [0.717, 1.165) is 31.9 Å². The van der Waals surface area contributed by atoms with E-state index in [1.807, 2.05) is 20.8 Å². The number of para-hydroxylation sites is 1. The number of aliphatic imine (C=N–C) groups is 1. The van der Waals surface area contributed by atoms with E-state index in [-0.39, 0.29) is 28.7 Å². The van der Waals surface area contributed by atoms with Gasteiger partial charge in [-0.05, 0) is 51.7 Å². The van der Waals surface area contributed by atoms with E-state index in [4.69, 9.17) is 0 Å². The second-order valence-corrected chi connectivity index (χ2v) is 9.93. The molecular weight excluding hydrogens is 483 g/mol. The lowest BCUT2D eigenvalue weighted by molar-refractivity contribution is 0.648. The highest BCUT2D eigenvalue weighted by Gasteiger charge is 2.18. The van der Waals surface area contributed by atoms with Gasteiger partial charge in [0.05, 0.1) is 6.54 Å². The van der Waals surface area contributed by atoms with Crippen LogP contribution in [0.15, 0.2) is 29.4 Å². The fraction of sp³-hybridized carbons (Fsp3) is 0.571. The molecule has 0 bridgehead atoms. The molecule has 1 heterocycles. The first-order valence-corrected chi connectivity index (χ1v) is 11.2. The van der Waals surface area contributed by atoms with Crippen molar-refractivity contribution < 1.29 is 4.21 Å². The van der Waals surface area contributed by atoms with Crippen LogP contribution < -0.4 is 10.6 Å². The molecule has 2 rings (SSSR count). The molecule has 5 nitrogen and oxygen atoms in total. The number of benzene rings is 1. The first kappa shape index (κ1) is 24.9. The summed E-state index contributed by atoms with van der Waals surface area (Å²) in [5.41, 5.74) is 3.92. The molecule has 1 aromatic heterocycles.